The molecule has 0 bridgehead atoms. The van der Waals surface area contributed by atoms with Gasteiger partial charge in [-0.05, 0) is 41.8 Å². The van der Waals surface area contributed by atoms with E-state index < -0.39 is 11.9 Å². The van der Waals surface area contributed by atoms with Gasteiger partial charge in [0.05, 0.1) is 5.75 Å². The van der Waals surface area contributed by atoms with Crippen LogP contribution < -0.4 is 5.32 Å². The molecular formula is C29H31BrClFN2O2S. The van der Waals surface area contributed by atoms with E-state index in [1.165, 1.54) is 17.8 Å². The molecule has 0 aliphatic heterocycles. The summed E-state index contributed by atoms with van der Waals surface area (Å²) in [4.78, 5) is 28.7. The van der Waals surface area contributed by atoms with E-state index in [2.05, 4.69) is 28.2 Å². The fourth-order valence-electron chi connectivity index (χ4n) is 3.89. The van der Waals surface area contributed by atoms with Gasteiger partial charge in [-0.1, -0.05) is 89.4 Å². The fraction of sp³-hybridized carbons (Fsp3) is 0.310. The standard InChI is InChI=1S/C29H31BrClFN2O2S/c1-2-3-15-33-29(36)27(17-21-9-5-4-6-10-21)34(18-22-11-7-12-23(30)16-22)28(35)20-37-19-24-25(31)13-8-14-26(24)32/h4-14,16,27H,2-3,15,17-20H2,1H3,(H,33,36). The van der Waals surface area contributed by atoms with Crippen molar-refractivity contribution in [3.05, 3.63) is 105 Å². The van der Waals surface area contributed by atoms with Crippen LogP contribution in [0.15, 0.2) is 77.3 Å². The van der Waals surface area contributed by atoms with Crippen molar-refractivity contribution >= 4 is 51.1 Å². The number of nitrogens with zero attached hydrogens (tertiary/aromatic N) is 1. The lowest BCUT2D eigenvalue weighted by Gasteiger charge is -2.31. The highest BCUT2D eigenvalue weighted by Gasteiger charge is 2.30. The summed E-state index contributed by atoms with van der Waals surface area (Å²) in [6.45, 7) is 2.90. The largest absolute Gasteiger partial charge is 0.354 e. The quantitative estimate of drug-likeness (QED) is 0.213. The number of rotatable bonds is 13. The van der Waals surface area contributed by atoms with Crippen LogP contribution in [0.1, 0.15) is 36.5 Å². The number of nitrogens with one attached hydrogen (secondary N) is 1. The van der Waals surface area contributed by atoms with Gasteiger partial charge in [-0.15, -0.1) is 11.8 Å². The van der Waals surface area contributed by atoms with Crippen molar-refractivity contribution in [2.24, 2.45) is 0 Å². The van der Waals surface area contributed by atoms with Crippen LogP contribution >= 0.6 is 39.3 Å². The minimum atomic E-state index is -0.691. The average molecular weight is 606 g/mol. The minimum absolute atomic E-state index is 0.0895. The Kier molecular flexibility index (Phi) is 12.0. The molecule has 0 saturated carbocycles. The Hall–Kier alpha value is -2.35. The molecule has 1 unspecified atom stereocenters. The SMILES string of the molecule is CCCCNC(=O)C(Cc1ccccc1)N(Cc1cccc(Br)c1)C(=O)CSCc1c(F)cccc1Cl. The van der Waals surface area contributed by atoms with Crippen molar-refractivity contribution in [2.75, 3.05) is 12.3 Å². The number of unbranched alkanes of at least 4 members (excludes halogenated alkanes) is 1. The lowest BCUT2D eigenvalue weighted by molar-refractivity contribution is -0.139. The fourth-order valence-corrected chi connectivity index (χ4v) is 5.58. The van der Waals surface area contributed by atoms with Crippen molar-refractivity contribution in [1.82, 2.24) is 10.2 Å². The van der Waals surface area contributed by atoms with Crippen molar-refractivity contribution in [3.8, 4) is 0 Å². The first kappa shape index (κ1) is 29.2. The maximum atomic E-state index is 14.2. The van der Waals surface area contributed by atoms with Crippen molar-refractivity contribution in [2.45, 2.75) is 44.5 Å². The number of hydrogen-bond acceptors (Lipinski definition) is 3. The second-order valence-corrected chi connectivity index (χ2v) is 11.0. The molecule has 0 radical (unpaired) electrons. The van der Waals surface area contributed by atoms with Crippen LogP contribution in [0.25, 0.3) is 0 Å². The normalized spacial score (nSPS) is 11.7. The third kappa shape index (κ3) is 9.16. The van der Waals surface area contributed by atoms with E-state index in [-0.39, 0.29) is 29.9 Å². The Morgan fingerprint density at radius 1 is 1.05 bits per heavy atom. The lowest BCUT2D eigenvalue weighted by atomic mass is 10.0. The van der Waals surface area contributed by atoms with E-state index in [0.717, 1.165) is 28.4 Å². The number of benzene rings is 3. The third-order valence-corrected chi connectivity index (χ3v) is 7.67. The maximum absolute atomic E-state index is 14.2. The number of carbonyl (C=O) groups is 2. The van der Waals surface area contributed by atoms with Gasteiger partial charge in [0.1, 0.15) is 11.9 Å². The van der Waals surface area contributed by atoms with Gasteiger partial charge < -0.3 is 10.2 Å². The minimum Gasteiger partial charge on any atom is -0.354 e. The summed E-state index contributed by atoms with van der Waals surface area (Å²) >= 11 is 10.9. The van der Waals surface area contributed by atoms with E-state index in [1.807, 2.05) is 54.6 Å². The molecule has 3 rings (SSSR count). The first-order valence-electron chi connectivity index (χ1n) is 12.2. The molecule has 2 amide bonds. The van der Waals surface area contributed by atoms with E-state index in [1.54, 1.807) is 17.0 Å². The van der Waals surface area contributed by atoms with Gasteiger partial charge in [-0.3, -0.25) is 9.59 Å². The third-order valence-electron chi connectivity index (χ3n) is 5.88. The molecule has 0 fully saturated rings. The van der Waals surface area contributed by atoms with Gasteiger partial charge >= 0.3 is 0 Å². The van der Waals surface area contributed by atoms with E-state index >= 15 is 0 Å². The highest BCUT2D eigenvalue weighted by Crippen LogP contribution is 2.25. The highest BCUT2D eigenvalue weighted by molar-refractivity contribution is 9.10. The van der Waals surface area contributed by atoms with Crippen molar-refractivity contribution in [3.63, 3.8) is 0 Å². The molecule has 196 valence electrons. The highest BCUT2D eigenvalue weighted by atomic mass is 79.9. The number of halogens is 3. The number of thioether (sulfide) groups is 1. The first-order valence-corrected chi connectivity index (χ1v) is 14.6. The van der Waals surface area contributed by atoms with Gasteiger partial charge in [-0.2, -0.15) is 0 Å². The summed E-state index contributed by atoms with van der Waals surface area (Å²) in [5, 5.41) is 3.35. The topological polar surface area (TPSA) is 49.4 Å². The summed E-state index contributed by atoms with van der Waals surface area (Å²) in [7, 11) is 0. The molecule has 4 nitrogen and oxygen atoms in total. The van der Waals surface area contributed by atoms with E-state index in [9.17, 15) is 14.0 Å². The molecule has 0 spiro atoms. The van der Waals surface area contributed by atoms with Gasteiger partial charge in [0.25, 0.3) is 0 Å². The summed E-state index contributed by atoms with van der Waals surface area (Å²) in [5.41, 5.74) is 2.25. The molecule has 1 N–H and O–H groups in total. The molecule has 3 aromatic rings. The lowest BCUT2D eigenvalue weighted by Crippen LogP contribution is -2.51. The molecule has 0 aromatic heterocycles. The molecule has 3 aromatic carbocycles. The smallest absolute Gasteiger partial charge is 0.243 e. The van der Waals surface area contributed by atoms with Crippen LogP contribution in [-0.4, -0.2) is 35.1 Å². The van der Waals surface area contributed by atoms with Crippen LogP contribution in [0.4, 0.5) is 4.39 Å². The predicted molar refractivity (Wildman–Crippen MR) is 154 cm³/mol. The summed E-state index contributed by atoms with van der Waals surface area (Å²) in [6.07, 6.45) is 2.21. The Bertz CT molecular complexity index is 1160. The number of amides is 2. The van der Waals surface area contributed by atoms with Gasteiger partial charge in [0.2, 0.25) is 11.8 Å². The van der Waals surface area contributed by atoms with Crippen LogP contribution in [0.3, 0.4) is 0 Å². The summed E-state index contributed by atoms with van der Waals surface area (Å²) < 4.78 is 15.1. The maximum Gasteiger partial charge on any atom is 0.243 e. The zero-order chi connectivity index (χ0) is 26.6. The van der Waals surface area contributed by atoms with Crippen molar-refractivity contribution < 1.29 is 14.0 Å². The predicted octanol–water partition coefficient (Wildman–Crippen LogP) is 7.03. The molecule has 0 aliphatic rings. The van der Waals surface area contributed by atoms with Crippen LogP contribution in [0.5, 0.6) is 0 Å². The zero-order valence-electron chi connectivity index (χ0n) is 20.8. The molecule has 0 aliphatic carbocycles. The molecule has 8 heteroatoms. The van der Waals surface area contributed by atoms with Crippen LogP contribution in [-0.2, 0) is 28.3 Å². The molecule has 1 atom stereocenters. The number of hydrogen-bond donors (Lipinski definition) is 1. The Morgan fingerprint density at radius 2 is 1.78 bits per heavy atom. The first-order chi connectivity index (χ1) is 17.9. The van der Waals surface area contributed by atoms with E-state index in [4.69, 9.17) is 11.6 Å². The van der Waals surface area contributed by atoms with Crippen molar-refractivity contribution in [1.29, 1.82) is 0 Å². The molecule has 37 heavy (non-hydrogen) atoms. The average Bonchev–Trinajstić information content (AvgIpc) is 2.88. The second-order valence-electron chi connectivity index (χ2n) is 8.69. The monoisotopic (exact) mass is 604 g/mol. The molecule has 0 saturated heterocycles. The van der Waals surface area contributed by atoms with Crippen LogP contribution in [0, 0.1) is 5.82 Å². The van der Waals surface area contributed by atoms with Crippen LogP contribution in [0.2, 0.25) is 5.02 Å². The molecular weight excluding hydrogens is 575 g/mol. The van der Waals surface area contributed by atoms with E-state index in [0.29, 0.717) is 23.6 Å². The second kappa shape index (κ2) is 15.2. The zero-order valence-corrected chi connectivity index (χ0v) is 23.9. The van der Waals surface area contributed by atoms with Gasteiger partial charge in [0, 0.05) is 40.3 Å². The summed E-state index contributed by atoms with van der Waals surface area (Å²) in [5.74, 6) is -0.414. The Balaban J connectivity index is 1.85. The number of carbonyl (C=O) groups excluding carboxylic acids is 2. The Morgan fingerprint density at radius 3 is 2.49 bits per heavy atom. The summed E-state index contributed by atoms with van der Waals surface area (Å²) in [6, 6.07) is 21.3. The Labute approximate surface area is 236 Å². The van der Waals surface area contributed by atoms with Gasteiger partial charge in [0.15, 0.2) is 0 Å². The molecule has 0 heterocycles. The van der Waals surface area contributed by atoms with Gasteiger partial charge in [-0.25, -0.2) is 4.39 Å².